The highest BCUT2D eigenvalue weighted by molar-refractivity contribution is 5.90. The van der Waals surface area contributed by atoms with Crippen molar-refractivity contribution in [1.82, 2.24) is 29.3 Å². The third-order valence-electron chi connectivity index (χ3n) is 6.98. The molecule has 4 aromatic rings. The van der Waals surface area contributed by atoms with Crippen LogP contribution in [-0.2, 0) is 18.0 Å². The van der Waals surface area contributed by atoms with E-state index >= 15 is 4.39 Å². The maximum Gasteiger partial charge on any atom is 0.449 e. The molecule has 1 saturated carbocycles. The molecule has 3 aromatic heterocycles. The zero-order chi connectivity index (χ0) is 28.3. The lowest BCUT2D eigenvalue weighted by atomic mass is 10.1. The fourth-order valence-corrected chi connectivity index (χ4v) is 4.85. The van der Waals surface area contributed by atoms with E-state index in [4.69, 9.17) is 10.00 Å². The monoisotopic (exact) mass is 554 g/mol. The average molecular weight is 555 g/mol. The van der Waals surface area contributed by atoms with Crippen LogP contribution in [0.2, 0.25) is 0 Å². The number of hydrogen-bond donors (Lipinski definition) is 0. The summed E-state index contributed by atoms with van der Waals surface area (Å²) in [5.74, 6) is -2.36. The summed E-state index contributed by atoms with van der Waals surface area (Å²) in [6, 6.07) is 5.67. The molecule has 0 unspecified atom stereocenters. The van der Waals surface area contributed by atoms with Gasteiger partial charge in [0.1, 0.15) is 23.1 Å². The quantitative estimate of drug-likeness (QED) is 0.349. The van der Waals surface area contributed by atoms with Gasteiger partial charge in [0.25, 0.3) is 5.56 Å². The smallest absolute Gasteiger partial charge is 0.367 e. The highest BCUT2D eigenvalue weighted by atomic mass is 19.4. The largest absolute Gasteiger partial charge is 0.449 e. The van der Waals surface area contributed by atoms with Crippen LogP contribution < -0.4 is 10.5 Å². The SMILES string of the molecule is C[C@@H]1CN(c2nc(-c3ccc(C#N)cc3F)c3nc(C(F)(F)F)n(C)c(=O)c3n2)C[C@H](c2cnn(C3CC3)c2)O1. The Morgan fingerprint density at radius 3 is 2.58 bits per heavy atom. The van der Waals surface area contributed by atoms with Crippen LogP contribution in [-0.4, -0.2) is 48.5 Å². The van der Waals surface area contributed by atoms with Crippen molar-refractivity contribution < 1.29 is 22.3 Å². The van der Waals surface area contributed by atoms with Gasteiger partial charge in [-0.25, -0.2) is 19.3 Å². The van der Waals surface area contributed by atoms with E-state index in [2.05, 4.69) is 20.1 Å². The van der Waals surface area contributed by atoms with E-state index in [0.29, 0.717) is 17.2 Å². The molecule has 0 bridgehead atoms. The van der Waals surface area contributed by atoms with Gasteiger partial charge in [0.05, 0.1) is 36.5 Å². The molecule has 2 atom stereocenters. The molecule has 2 aliphatic rings. The molecule has 0 N–H and O–H groups in total. The first kappa shape index (κ1) is 25.9. The van der Waals surface area contributed by atoms with Crippen LogP contribution in [0.25, 0.3) is 22.3 Å². The second-order valence-corrected chi connectivity index (χ2v) is 10.00. The van der Waals surface area contributed by atoms with Crippen LogP contribution in [0.4, 0.5) is 23.5 Å². The predicted molar refractivity (Wildman–Crippen MR) is 134 cm³/mol. The van der Waals surface area contributed by atoms with E-state index in [0.717, 1.165) is 31.5 Å². The number of morpholine rings is 1. The lowest BCUT2D eigenvalue weighted by Crippen LogP contribution is -2.44. The number of nitrogens with zero attached hydrogens (tertiary/aromatic N) is 8. The Labute approximate surface area is 224 Å². The predicted octanol–water partition coefficient (Wildman–Crippen LogP) is 3.92. The van der Waals surface area contributed by atoms with Crippen LogP contribution in [0, 0.1) is 17.1 Å². The number of halogens is 4. The molecular weight excluding hydrogens is 532 g/mol. The number of alkyl halides is 3. The van der Waals surface area contributed by atoms with Crippen molar-refractivity contribution in [2.75, 3.05) is 18.0 Å². The normalized spacial score (nSPS) is 19.7. The highest BCUT2D eigenvalue weighted by Gasteiger charge is 2.38. The minimum atomic E-state index is -4.96. The van der Waals surface area contributed by atoms with E-state index in [1.807, 2.05) is 23.9 Å². The molecule has 1 aliphatic carbocycles. The van der Waals surface area contributed by atoms with E-state index in [1.54, 1.807) is 11.1 Å². The van der Waals surface area contributed by atoms with Crippen LogP contribution in [0.15, 0.2) is 35.4 Å². The zero-order valence-electron chi connectivity index (χ0n) is 21.4. The molecule has 14 heteroatoms. The minimum Gasteiger partial charge on any atom is -0.367 e. The number of hydrogen-bond acceptors (Lipinski definition) is 8. The highest BCUT2D eigenvalue weighted by Crippen LogP contribution is 2.36. The topological polar surface area (TPSA) is 115 Å². The Morgan fingerprint density at radius 1 is 1.12 bits per heavy atom. The van der Waals surface area contributed by atoms with Crippen LogP contribution >= 0.6 is 0 Å². The summed E-state index contributed by atoms with van der Waals surface area (Å²) in [5, 5.41) is 13.6. The maximum atomic E-state index is 15.2. The first-order valence-electron chi connectivity index (χ1n) is 12.5. The number of fused-ring (bicyclic) bond motifs is 1. The van der Waals surface area contributed by atoms with Gasteiger partial charge in [-0.1, -0.05) is 0 Å². The summed E-state index contributed by atoms with van der Waals surface area (Å²) >= 11 is 0. The Morgan fingerprint density at radius 2 is 1.90 bits per heavy atom. The van der Waals surface area contributed by atoms with Crippen molar-refractivity contribution in [2.45, 2.75) is 44.2 Å². The third kappa shape index (κ3) is 4.56. The number of nitriles is 1. The van der Waals surface area contributed by atoms with Crippen molar-refractivity contribution >= 4 is 17.0 Å². The van der Waals surface area contributed by atoms with Crippen molar-refractivity contribution in [3.63, 3.8) is 0 Å². The van der Waals surface area contributed by atoms with Crippen molar-refractivity contribution in [2.24, 2.45) is 7.05 Å². The summed E-state index contributed by atoms with van der Waals surface area (Å²) in [5.41, 5.74) is -1.60. The van der Waals surface area contributed by atoms with E-state index in [-0.39, 0.29) is 35.4 Å². The van der Waals surface area contributed by atoms with Gasteiger partial charge in [-0.3, -0.25) is 14.0 Å². The Balaban J connectivity index is 1.51. The summed E-state index contributed by atoms with van der Waals surface area (Å²) in [6.45, 7) is 2.42. The first-order chi connectivity index (χ1) is 19.0. The summed E-state index contributed by atoms with van der Waals surface area (Å²) in [4.78, 5) is 27.4. The number of anilines is 1. The van der Waals surface area contributed by atoms with Gasteiger partial charge in [-0.15, -0.1) is 0 Å². The second kappa shape index (κ2) is 9.37. The molecule has 1 saturated heterocycles. The molecule has 1 aliphatic heterocycles. The number of ether oxygens (including phenoxy) is 1. The van der Waals surface area contributed by atoms with Crippen LogP contribution in [0.3, 0.4) is 0 Å². The van der Waals surface area contributed by atoms with E-state index in [9.17, 15) is 18.0 Å². The van der Waals surface area contributed by atoms with E-state index in [1.165, 1.54) is 12.1 Å². The van der Waals surface area contributed by atoms with Crippen LogP contribution in [0.1, 0.15) is 48.9 Å². The molecule has 40 heavy (non-hydrogen) atoms. The fraction of sp³-hybridized carbons (Fsp3) is 0.385. The van der Waals surface area contributed by atoms with Gasteiger partial charge in [-0.05, 0) is 38.0 Å². The number of aromatic nitrogens is 6. The van der Waals surface area contributed by atoms with Crippen LogP contribution in [0.5, 0.6) is 0 Å². The molecule has 0 radical (unpaired) electrons. The van der Waals surface area contributed by atoms with Gasteiger partial charge in [-0.2, -0.15) is 23.5 Å². The maximum absolute atomic E-state index is 15.2. The molecular formula is C26H22F4N8O2. The lowest BCUT2D eigenvalue weighted by Gasteiger charge is -2.36. The minimum absolute atomic E-state index is 0.0104. The fourth-order valence-electron chi connectivity index (χ4n) is 4.85. The molecule has 4 heterocycles. The van der Waals surface area contributed by atoms with Crippen molar-refractivity contribution in [3.8, 4) is 17.3 Å². The summed E-state index contributed by atoms with van der Waals surface area (Å²) in [7, 11) is 0.950. The lowest BCUT2D eigenvalue weighted by molar-refractivity contribution is -0.147. The van der Waals surface area contributed by atoms with Crippen molar-refractivity contribution in [3.05, 3.63) is 63.7 Å². The molecule has 1 aromatic carbocycles. The van der Waals surface area contributed by atoms with Gasteiger partial charge in [0, 0.05) is 30.9 Å². The van der Waals surface area contributed by atoms with E-state index < -0.39 is 40.5 Å². The Bertz CT molecular complexity index is 1740. The average Bonchev–Trinajstić information content (AvgIpc) is 3.65. The molecule has 0 amide bonds. The molecule has 6 rings (SSSR count). The summed E-state index contributed by atoms with van der Waals surface area (Å²) < 4.78 is 64.8. The number of rotatable bonds is 4. The molecule has 0 spiro atoms. The van der Waals surface area contributed by atoms with Gasteiger partial charge >= 0.3 is 6.18 Å². The standard InChI is InChI=1S/C26H22F4N8O2/c1-13-10-37(12-19(40-13)15-9-32-38(11-15)16-4-5-16)25-34-20(17-6-3-14(8-31)7-18(17)27)21-22(35-25)23(39)36(2)24(33-21)26(28,29)30/h3,6-7,9,11,13,16,19H,4-5,10,12H2,1-2H3/t13-,19-/m1/s1. The van der Waals surface area contributed by atoms with Crippen molar-refractivity contribution in [1.29, 1.82) is 5.26 Å². The van der Waals surface area contributed by atoms with Gasteiger partial charge in [0.15, 0.2) is 5.52 Å². The Kier molecular flexibility index (Phi) is 6.06. The second-order valence-electron chi connectivity index (χ2n) is 10.00. The zero-order valence-corrected chi connectivity index (χ0v) is 21.4. The van der Waals surface area contributed by atoms with Gasteiger partial charge < -0.3 is 9.64 Å². The Hall–Kier alpha value is -4.38. The molecule has 2 fully saturated rings. The third-order valence-corrected chi connectivity index (χ3v) is 6.98. The molecule has 10 nitrogen and oxygen atoms in total. The van der Waals surface area contributed by atoms with Gasteiger partial charge in [0.2, 0.25) is 11.8 Å². The summed E-state index contributed by atoms with van der Waals surface area (Å²) in [6.07, 6.45) is 0.109. The first-order valence-corrected chi connectivity index (χ1v) is 12.5. The molecule has 206 valence electrons. The number of benzene rings is 1.